The van der Waals surface area contributed by atoms with E-state index in [-0.39, 0.29) is 11.8 Å². The van der Waals surface area contributed by atoms with Gasteiger partial charge in [-0.05, 0) is 24.0 Å². The van der Waals surface area contributed by atoms with Crippen molar-refractivity contribution in [2.45, 2.75) is 36.2 Å². The number of fused-ring (bicyclic) bond motifs is 1. The molecule has 0 bridgehead atoms. The van der Waals surface area contributed by atoms with Crippen LogP contribution in [-0.4, -0.2) is 20.5 Å². The van der Waals surface area contributed by atoms with Gasteiger partial charge in [-0.2, -0.15) is 4.98 Å². The van der Waals surface area contributed by atoms with Crippen molar-refractivity contribution in [3.63, 3.8) is 0 Å². The second-order valence-corrected chi connectivity index (χ2v) is 8.39. The quantitative estimate of drug-likeness (QED) is 0.577. The first kappa shape index (κ1) is 18.9. The largest absolute Gasteiger partial charge is 0.328 e. The number of ketones is 1. The van der Waals surface area contributed by atoms with E-state index in [0.29, 0.717) is 17.5 Å². The Kier molecular flexibility index (Phi) is 5.24. The normalized spacial score (nSPS) is 18.3. The number of carbonyl (C=O) groups excluding carboxylic acids is 1. The molecule has 1 aromatic heterocycles. The van der Waals surface area contributed by atoms with Crippen molar-refractivity contribution in [1.29, 1.82) is 0 Å². The third-order valence-corrected chi connectivity index (χ3v) is 6.28. The van der Waals surface area contributed by atoms with Gasteiger partial charge in [-0.3, -0.25) is 4.79 Å². The van der Waals surface area contributed by atoms with Crippen LogP contribution in [0.4, 0.5) is 5.95 Å². The minimum absolute atomic E-state index is 0.200. The number of nitrogens with one attached hydrogen (secondary N) is 1. The molecule has 0 fully saturated rings. The van der Waals surface area contributed by atoms with Gasteiger partial charge in [-0.1, -0.05) is 84.6 Å². The van der Waals surface area contributed by atoms with Crippen LogP contribution in [0.3, 0.4) is 0 Å². The number of benzene rings is 2. The lowest BCUT2D eigenvalue weighted by Crippen LogP contribution is -2.30. The average molecular weight is 415 g/mol. The van der Waals surface area contributed by atoms with Gasteiger partial charge in [0, 0.05) is 23.4 Å². The van der Waals surface area contributed by atoms with E-state index in [1.807, 2.05) is 41.1 Å². The van der Waals surface area contributed by atoms with Crippen LogP contribution in [0.2, 0.25) is 0 Å². The van der Waals surface area contributed by atoms with Gasteiger partial charge in [0.25, 0.3) is 0 Å². The summed E-state index contributed by atoms with van der Waals surface area (Å²) in [7, 11) is 0. The van der Waals surface area contributed by atoms with Gasteiger partial charge in [0.2, 0.25) is 11.1 Å². The van der Waals surface area contributed by atoms with Crippen molar-refractivity contribution in [3.8, 4) is 0 Å². The van der Waals surface area contributed by atoms with Gasteiger partial charge in [0.1, 0.15) is 6.04 Å². The van der Waals surface area contributed by atoms with Crippen molar-refractivity contribution in [2.24, 2.45) is 0 Å². The summed E-state index contributed by atoms with van der Waals surface area (Å²) >= 11 is 1.61. The molecule has 0 radical (unpaired) electrons. The van der Waals surface area contributed by atoms with Crippen LogP contribution in [0.5, 0.6) is 0 Å². The topological polar surface area (TPSA) is 59.8 Å². The molecule has 2 heterocycles. The molecule has 0 spiro atoms. The first-order valence-corrected chi connectivity index (χ1v) is 11.2. The molecule has 0 amide bonds. The summed E-state index contributed by atoms with van der Waals surface area (Å²) in [5.41, 5.74) is 4.15. The zero-order chi connectivity index (χ0) is 20.3. The molecule has 30 heavy (non-hydrogen) atoms. The molecule has 1 aliphatic heterocycles. The molecule has 1 unspecified atom stereocenters. The Morgan fingerprint density at radius 3 is 2.63 bits per heavy atom. The van der Waals surface area contributed by atoms with Gasteiger partial charge in [0.15, 0.2) is 5.78 Å². The highest BCUT2D eigenvalue weighted by Crippen LogP contribution is 2.38. The standard InChI is InChI=1S/C24H22N4OS/c29-21-13-7-12-19-22(21)20(15-14-17-8-3-1-4-9-17)28-23(25-19)26-24(27-28)30-16-18-10-5-2-6-11-18/h1-6,8-11,14-15,20H,7,12-13,16H2,(H,25,26,27)/b15-14+. The molecule has 1 atom stereocenters. The van der Waals surface area contributed by atoms with E-state index in [0.717, 1.165) is 35.4 Å². The van der Waals surface area contributed by atoms with Crippen LogP contribution in [0.25, 0.3) is 6.08 Å². The maximum Gasteiger partial charge on any atom is 0.227 e. The van der Waals surface area contributed by atoms with E-state index in [1.165, 1.54) is 5.56 Å². The zero-order valence-electron chi connectivity index (χ0n) is 16.5. The molecular formula is C24H22N4OS. The number of aromatic nitrogens is 3. The smallest absolute Gasteiger partial charge is 0.227 e. The molecule has 0 saturated heterocycles. The maximum atomic E-state index is 12.8. The number of Topliss-reactive ketones (excluding diaryl/α,β-unsaturated/α-hetero) is 1. The summed E-state index contributed by atoms with van der Waals surface area (Å²) in [5, 5.41) is 8.84. The summed E-state index contributed by atoms with van der Waals surface area (Å²) in [4.78, 5) is 17.5. The highest BCUT2D eigenvalue weighted by molar-refractivity contribution is 7.98. The monoisotopic (exact) mass is 414 g/mol. The van der Waals surface area contributed by atoms with Crippen LogP contribution in [0, 0.1) is 0 Å². The Labute approximate surface area is 179 Å². The Morgan fingerprint density at radius 1 is 1.07 bits per heavy atom. The summed E-state index contributed by atoms with van der Waals surface area (Å²) in [6, 6.07) is 20.2. The fourth-order valence-electron chi connectivity index (χ4n) is 3.90. The third-order valence-electron chi connectivity index (χ3n) is 5.37. The maximum absolute atomic E-state index is 12.8. The highest BCUT2D eigenvalue weighted by atomic mass is 32.2. The zero-order valence-corrected chi connectivity index (χ0v) is 17.3. The first-order chi connectivity index (χ1) is 14.8. The minimum Gasteiger partial charge on any atom is -0.328 e. The number of hydrogen-bond donors (Lipinski definition) is 1. The van der Waals surface area contributed by atoms with Crippen LogP contribution in [-0.2, 0) is 10.5 Å². The van der Waals surface area contributed by atoms with Crippen molar-refractivity contribution in [1.82, 2.24) is 14.8 Å². The molecule has 2 aliphatic rings. The fraction of sp³-hybridized carbons (Fsp3) is 0.208. The van der Waals surface area contributed by atoms with Crippen molar-refractivity contribution in [3.05, 3.63) is 89.1 Å². The Morgan fingerprint density at radius 2 is 1.83 bits per heavy atom. The molecule has 1 aliphatic carbocycles. The summed E-state index contributed by atoms with van der Waals surface area (Å²) in [5.74, 6) is 1.72. The summed E-state index contributed by atoms with van der Waals surface area (Å²) < 4.78 is 1.86. The van der Waals surface area contributed by atoms with E-state index in [9.17, 15) is 4.79 Å². The molecule has 150 valence electrons. The first-order valence-electron chi connectivity index (χ1n) is 10.2. The molecule has 2 aromatic carbocycles. The number of rotatable bonds is 5. The number of anilines is 1. The number of allylic oxidation sites excluding steroid dienone is 3. The van der Waals surface area contributed by atoms with E-state index in [2.05, 4.69) is 41.7 Å². The molecule has 6 heteroatoms. The highest BCUT2D eigenvalue weighted by Gasteiger charge is 2.34. The number of thioether (sulfide) groups is 1. The van der Waals surface area contributed by atoms with Crippen LogP contribution in [0.1, 0.15) is 36.4 Å². The van der Waals surface area contributed by atoms with Gasteiger partial charge in [-0.15, -0.1) is 5.10 Å². The fourth-order valence-corrected chi connectivity index (χ4v) is 4.69. The van der Waals surface area contributed by atoms with Crippen molar-refractivity contribution < 1.29 is 4.79 Å². The predicted octanol–water partition coefficient (Wildman–Crippen LogP) is 5.26. The predicted molar refractivity (Wildman–Crippen MR) is 120 cm³/mol. The number of nitrogens with zero attached hydrogens (tertiary/aromatic N) is 3. The summed E-state index contributed by atoms with van der Waals surface area (Å²) in [6.07, 6.45) is 6.47. The van der Waals surface area contributed by atoms with Gasteiger partial charge in [-0.25, -0.2) is 4.68 Å². The Balaban J connectivity index is 1.46. The third kappa shape index (κ3) is 3.83. The molecule has 5 nitrogen and oxygen atoms in total. The molecule has 3 aromatic rings. The molecule has 5 rings (SSSR count). The Hall–Kier alpha value is -3.12. The molecule has 1 N–H and O–H groups in total. The van der Waals surface area contributed by atoms with E-state index >= 15 is 0 Å². The molecular weight excluding hydrogens is 392 g/mol. The molecule has 0 saturated carbocycles. The Bertz CT molecular complexity index is 1120. The number of carbonyl (C=O) groups is 1. The van der Waals surface area contributed by atoms with Crippen molar-refractivity contribution >= 4 is 29.6 Å². The van der Waals surface area contributed by atoms with Gasteiger partial charge in [0.05, 0.1) is 0 Å². The lowest BCUT2D eigenvalue weighted by atomic mass is 9.88. The van der Waals surface area contributed by atoms with Crippen LogP contribution < -0.4 is 5.32 Å². The lowest BCUT2D eigenvalue weighted by Gasteiger charge is -2.30. The van der Waals surface area contributed by atoms with E-state index < -0.39 is 0 Å². The van der Waals surface area contributed by atoms with Crippen molar-refractivity contribution in [2.75, 3.05) is 5.32 Å². The van der Waals surface area contributed by atoms with Crippen LogP contribution in [0.15, 0.2) is 83.2 Å². The second-order valence-electron chi connectivity index (χ2n) is 7.45. The number of hydrogen-bond acceptors (Lipinski definition) is 5. The van der Waals surface area contributed by atoms with Crippen LogP contribution >= 0.6 is 11.8 Å². The van der Waals surface area contributed by atoms with Gasteiger partial charge >= 0.3 is 0 Å². The average Bonchev–Trinajstić information content (AvgIpc) is 3.20. The lowest BCUT2D eigenvalue weighted by molar-refractivity contribution is -0.116. The SMILES string of the molecule is O=C1CCCC2=C1C(/C=C/c1ccccc1)n1nc(SCc3ccccc3)nc1N2. The van der Waals surface area contributed by atoms with Gasteiger partial charge < -0.3 is 5.32 Å². The van der Waals surface area contributed by atoms with E-state index in [4.69, 9.17) is 10.1 Å². The summed E-state index contributed by atoms with van der Waals surface area (Å²) in [6.45, 7) is 0. The second kappa shape index (κ2) is 8.32. The van der Waals surface area contributed by atoms with E-state index in [1.54, 1.807) is 11.8 Å². The minimum atomic E-state index is -0.233.